The van der Waals surface area contributed by atoms with Crippen LogP contribution in [0, 0.1) is 10.1 Å². The lowest BCUT2D eigenvalue weighted by atomic mass is 10.2. The maximum atomic E-state index is 10.7. The molecule has 1 heterocycles. The van der Waals surface area contributed by atoms with Gasteiger partial charge in [-0.05, 0) is 12.8 Å². The summed E-state index contributed by atoms with van der Waals surface area (Å²) in [7, 11) is 0. The Hall–Kier alpha value is -2.21. The van der Waals surface area contributed by atoms with Gasteiger partial charge in [0.1, 0.15) is 5.82 Å². The summed E-state index contributed by atoms with van der Waals surface area (Å²) in [5.41, 5.74) is 1.80. The highest BCUT2D eigenvalue weighted by Crippen LogP contribution is 2.22. The second kappa shape index (κ2) is 4.81. The molecule has 0 spiro atoms. The molecule has 1 aromatic carbocycles. The van der Waals surface area contributed by atoms with E-state index in [0.29, 0.717) is 11.9 Å². The van der Waals surface area contributed by atoms with Gasteiger partial charge in [-0.1, -0.05) is 12.1 Å². The van der Waals surface area contributed by atoms with E-state index >= 15 is 0 Å². The molecule has 2 aromatic rings. The molecule has 1 saturated carbocycles. The summed E-state index contributed by atoms with van der Waals surface area (Å²) in [6.45, 7) is 0.757. The van der Waals surface area contributed by atoms with Gasteiger partial charge in [0.2, 0.25) is 0 Å². The number of nitrogens with one attached hydrogen (secondary N) is 2. The van der Waals surface area contributed by atoms with Crippen LogP contribution in [0.5, 0.6) is 0 Å². The first-order chi connectivity index (χ1) is 9.22. The monoisotopic (exact) mass is 258 g/mol. The van der Waals surface area contributed by atoms with E-state index in [-0.39, 0.29) is 5.69 Å². The third-order valence-electron chi connectivity index (χ3n) is 3.12. The maximum absolute atomic E-state index is 10.7. The smallest absolute Gasteiger partial charge is 0.270 e. The molecule has 0 saturated heterocycles. The summed E-state index contributed by atoms with van der Waals surface area (Å²) >= 11 is 0. The van der Waals surface area contributed by atoms with Gasteiger partial charge in [-0.2, -0.15) is 0 Å². The van der Waals surface area contributed by atoms with Crippen LogP contribution in [0.25, 0.3) is 11.4 Å². The fourth-order valence-corrected chi connectivity index (χ4v) is 1.90. The molecule has 0 unspecified atom stereocenters. The summed E-state index contributed by atoms with van der Waals surface area (Å²) in [5, 5.41) is 14.1. The Labute approximate surface area is 110 Å². The van der Waals surface area contributed by atoms with Crippen LogP contribution in [-0.2, 0) is 6.54 Å². The van der Waals surface area contributed by atoms with Crippen molar-refractivity contribution < 1.29 is 4.92 Å². The molecule has 1 aliphatic carbocycles. The Morgan fingerprint density at radius 2 is 2.32 bits per heavy atom. The SMILES string of the molecule is O=[N+]([O-])c1cccc(-c2ncc(CNC3CC3)[nH]2)c1. The molecule has 1 aromatic heterocycles. The summed E-state index contributed by atoms with van der Waals surface area (Å²) in [4.78, 5) is 17.8. The first kappa shape index (κ1) is 11.9. The lowest BCUT2D eigenvalue weighted by Crippen LogP contribution is -2.15. The van der Waals surface area contributed by atoms with Crippen molar-refractivity contribution in [3.05, 3.63) is 46.3 Å². The van der Waals surface area contributed by atoms with Gasteiger partial charge in [-0.25, -0.2) is 4.98 Å². The maximum Gasteiger partial charge on any atom is 0.270 e. The van der Waals surface area contributed by atoms with Crippen molar-refractivity contribution >= 4 is 5.69 Å². The van der Waals surface area contributed by atoms with E-state index in [2.05, 4.69) is 15.3 Å². The summed E-state index contributed by atoms with van der Waals surface area (Å²) in [6.07, 6.45) is 4.25. The van der Waals surface area contributed by atoms with Crippen molar-refractivity contribution in [3.63, 3.8) is 0 Å². The predicted octanol–water partition coefficient (Wildman–Crippen LogP) is 2.24. The second-order valence-corrected chi connectivity index (χ2v) is 4.72. The van der Waals surface area contributed by atoms with Crippen LogP contribution >= 0.6 is 0 Å². The summed E-state index contributed by atoms with van der Waals surface area (Å²) in [5.74, 6) is 0.663. The van der Waals surface area contributed by atoms with E-state index in [0.717, 1.165) is 17.8 Å². The molecule has 6 heteroatoms. The van der Waals surface area contributed by atoms with E-state index in [4.69, 9.17) is 0 Å². The highest BCUT2D eigenvalue weighted by atomic mass is 16.6. The normalized spacial score (nSPS) is 14.5. The largest absolute Gasteiger partial charge is 0.341 e. The van der Waals surface area contributed by atoms with Gasteiger partial charge < -0.3 is 10.3 Å². The van der Waals surface area contributed by atoms with E-state index < -0.39 is 4.92 Å². The molecule has 1 aliphatic rings. The molecule has 19 heavy (non-hydrogen) atoms. The average molecular weight is 258 g/mol. The molecular weight excluding hydrogens is 244 g/mol. The zero-order valence-electron chi connectivity index (χ0n) is 10.3. The quantitative estimate of drug-likeness (QED) is 0.636. The van der Waals surface area contributed by atoms with Crippen molar-refractivity contribution in [2.24, 2.45) is 0 Å². The van der Waals surface area contributed by atoms with Crippen LogP contribution in [0.4, 0.5) is 5.69 Å². The van der Waals surface area contributed by atoms with Crippen molar-refractivity contribution in [1.29, 1.82) is 0 Å². The fourth-order valence-electron chi connectivity index (χ4n) is 1.90. The Morgan fingerprint density at radius 3 is 3.05 bits per heavy atom. The second-order valence-electron chi connectivity index (χ2n) is 4.72. The molecule has 0 atom stereocenters. The lowest BCUT2D eigenvalue weighted by Gasteiger charge is -1.99. The molecule has 6 nitrogen and oxygen atoms in total. The van der Waals surface area contributed by atoms with Crippen molar-refractivity contribution in [2.45, 2.75) is 25.4 Å². The van der Waals surface area contributed by atoms with Gasteiger partial charge in [-0.15, -0.1) is 0 Å². The van der Waals surface area contributed by atoms with Gasteiger partial charge in [0, 0.05) is 42.2 Å². The van der Waals surface area contributed by atoms with E-state index in [1.165, 1.54) is 25.0 Å². The number of benzene rings is 1. The minimum atomic E-state index is -0.401. The number of hydrogen-bond donors (Lipinski definition) is 2. The Balaban J connectivity index is 1.77. The first-order valence-corrected chi connectivity index (χ1v) is 6.24. The van der Waals surface area contributed by atoms with Crippen LogP contribution in [-0.4, -0.2) is 20.9 Å². The van der Waals surface area contributed by atoms with Gasteiger partial charge in [0.15, 0.2) is 0 Å². The molecular formula is C13H14N4O2. The topological polar surface area (TPSA) is 83.8 Å². The van der Waals surface area contributed by atoms with Crippen molar-refractivity contribution in [1.82, 2.24) is 15.3 Å². The minimum absolute atomic E-state index is 0.0755. The molecule has 0 amide bonds. The summed E-state index contributed by atoms with van der Waals surface area (Å²) < 4.78 is 0. The number of aromatic nitrogens is 2. The zero-order chi connectivity index (χ0) is 13.2. The molecule has 0 bridgehead atoms. The van der Waals surface area contributed by atoms with Gasteiger partial charge in [-0.3, -0.25) is 10.1 Å². The number of H-pyrrole nitrogens is 1. The third-order valence-corrected chi connectivity index (χ3v) is 3.12. The first-order valence-electron chi connectivity index (χ1n) is 6.24. The number of nitrogens with zero attached hydrogens (tertiary/aromatic N) is 2. The van der Waals surface area contributed by atoms with Gasteiger partial charge in [0.25, 0.3) is 5.69 Å². The number of imidazole rings is 1. The molecule has 0 radical (unpaired) electrons. The minimum Gasteiger partial charge on any atom is -0.341 e. The van der Waals surface area contributed by atoms with Gasteiger partial charge in [0.05, 0.1) is 4.92 Å². The molecule has 3 rings (SSSR count). The third kappa shape index (κ3) is 2.79. The molecule has 98 valence electrons. The zero-order valence-corrected chi connectivity index (χ0v) is 10.3. The molecule has 2 N–H and O–H groups in total. The Bertz CT molecular complexity index is 604. The van der Waals surface area contributed by atoms with E-state index in [9.17, 15) is 10.1 Å². The van der Waals surface area contributed by atoms with Gasteiger partial charge >= 0.3 is 0 Å². The van der Waals surface area contributed by atoms with Crippen LogP contribution in [0.1, 0.15) is 18.5 Å². The van der Waals surface area contributed by atoms with Crippen LogP contribution in [0.3, 0.4) is 0 Å². The van der Waals surface area contributed by atoms with Crippen LogP contribution in [0.15, 0.2) is 30.5 Å². The lowest BCUT2D eigenvalue weighted by molar-refractivity contribution is -0.384. The van der Waals surface area contributed by atoms with Crippen LogP contribution < -0.4 is 5.32 Å². The predicted molar refractivity (Wildman–Crippen MR) is 70.5 cm³/mol. The number of nitro groups is 1. The average Bonchev–Trinajstić information content (AvgIpc) is 3.13. The molecule has 0 aliphatic heterocycles. The number of non-ortho nitro benzene ring substituents is 1. The number of rotatable bonds is 5. The standard InChI is InChI=1S/C13H14N4O2/c18-17(19)12-3-1-2-9(6-12)13-15-8-11(16-13)7-14-10-4-5-10/h1-3,6,8,10,14H,4-5,7H2,(H,15,16). The number of hydrogen-bond acceptors (Lipinski definition) is 4. The number of nitro benzene ring substituents is 1. The van der Waals surface area contributed by atoms with Crippen molar-refractivity contribution in [3.8, 4) is 11.4 Å². The van der Waals surface area contributed by atoms with Crippen molar-refractivity contribution in [2.75, 3.05) is 0 Å². The fraction of sp³-hybridized carbons (Fsp3) is 0.308. The Kier molecular flexibility index (Phi) is 3.00. The van der Waals surface area contributed by atoms with Crippen LogP contribution in [0.2, 0.25) is 0 Å². The molecule has 1 fully saturated rings. The summed E-state index contributed by atoms with van der Waals surface area (Å²) in [6, 6.07) is 7.12. The highest BCUT2D eigenvalue weighted by Gasteiger charge is 2.20. The van der Waals surface area contributed by atoms with E-state index in [1.54, 1.807) is 12.3 Å². The highest BCUT2D eigenvalue weighted by molar-refractivity contribution is 5.59. The van der Waals surface area contributed by atoms with E-state index in [1.807, 2.05) is 6.07 Å². The Morgan fingerprint density at radius 1 is 1.47 bits per heavy atom. The number of aromatic amines is 1.